The quantitative estimate of drug-likeness (QED) is 0.798. The summed E-state index contributed by atoms with van der Waals surface area (Å²) in [6, 6.07) is 3.61. The maximum Gasteiger partial charge on any atom is 0.272 e. The van der Waals surface area contributed by atoms with Gasteiger partial charge in [0.05, 0.1) is 6.20 Å². The van der Waals surface area contributed by atoms with Crippen LogP contribution in [0.25, 0.3) is 0 Å². The van der Waals surface area contributed by atoms with Crippen LogP contribution in [0.15, 0.2) is 18.3 Å². The fourth-order valence-electron chi connectivity index (χ4n) is 3.25. The minimum absolute atomic E-state index is 0.0341. The van der Waals surface area contributed by atoms with Crippen molar-refractivity contribution in [2.75, 3.05) is 13.1 Å². The zero-order valence-electron chi connectivity index (χ0n) is 16.1. The van der Waals surface area contributed by atoms with Crippen molar-refractivity contribution in [3.05, 3.63) is 24.0 Å². The summed E-state index contributed by atoms with van der Waals surface area (Å²) in [5.41, 5.74) is 0.550. The van der Waals surface area contributed by atoms with Gasteiger partial charge in [-0.1, -0.05) is 20.8 Å². The lowest BCUT2D eigenvalue weighted by molar-refractivity contribution is 0.0749. The van der Waals surface area contributed by atoms with Crippen molar-refractivity contribution in [3.63, 3.8) is 0 Å². The van der Waals surface area contributed by atoms with E-state index < -0.39 is 0 Å². The summed E-state index contributed by atoms with van der Waals surface area (Å²) in [6.07, 6.45) is 4.98. The van der Waals surface area contributed by atoms with Gasteiger partial charge in [0.2, 0.25) is 0 Å². The van der Waals surface area contributed by atoms with Gasteiger partial charge in [-0.2, -0.15) is 0 Å². The van der Waals surface area contributed by atoms with Crippen LogP contribution in [0.1, 0.15) is 71.3 Å². The number of carbonyl (C=O) groups excluding carboxylic acids is 1. The Kier molecular flexibility index (Phi) is 5.56. The number of amides is 1. The van der Waals surface area contributed by atoms with Crippen LogP contribution < -0.4 is 4.74 Å². The summed E-state index contributed by atoms with van der Waals surface area (Å²) < 4.78 is 5.77. The molecule has 1 fully saturated rings. The highest BCUT2D eigenvalue weighted by Gasteiger charge is 2.29. The molecule has 0 spiro atoms. The molecule has 2 rings (SSSR count). The first-order valence-electron chi connectivity index (χ1n) is 9.00. The van der Waals surface area contributed by atoms with E-state index in [1.54, 1.807) is 12.3 Å². The maximum absolute atomic E-state index is 12.7. The lowest BCUT2D eigenvalue weighted by atomic mass is 9.77. The molecule has 134 valence electrons. The van der Waals surface area contributed by atoms with Crippen LogP contribution in [-0.2, 0) is 0 Å². The Labute approximate surface area is 146 Å². The molecule has 1 saturated heterocycles. The number of ether oxygens (including phenoxy) is 1. The van der Waals surface area contributed by atoms with Crippen molar-refractivity contribution in [2.24, 2.45) is 11.3 Å². The highest BCUT2D eigenvalue weighted by atomic mass is 16.5. The average molecular weight is 332 g/mol. The van der Waals surface area contributed by atoms with Gasteiger partial charge in [-0.05, 0) is 63.5 Å². The largest absolute Gasteiger partial charge is 0.487 e. The lowest BCUT2D eigenvalue weighted by Crippen LogP contribution is -2.33. The number of rotatable bonds is 2. The number of carbonyl (C=O) groups is 1. The molecule has 0 aliphatic carbocycles. The number of hydrogen-bond donors (Lipinski definition) is 0. The number of pyridine rings is 1. The molecular weight excluding hydrogens is 300 g/mol. The molecule has 0 aromatic carbocycles. The highest BCUT2D eigenvalue weighted by Crippen LogP contribution is 2.34. The Morgan fingerprint density at radius 1 is 1.12 bits per heavy atom. The Hall–Kier alpha value is -1.58. The second kappa shape index (κ2) is 7.12. The van der Waals surface area contributed by atoms with Crippen molar-refractivity contribution in [1.29, 1.82) is 0 Å². The summed E-state index contributed by atoms with van der Waals surface area (Å²) >= 11 is 0. The van der Waals surface area contributed by atoms with Gasteiger partial charge < -0.3 is 9.64 Å². The third-order valence-corrected chi connectivity index (χ3v) is 4.62. The molecule has 4 heteroatoms. The Bertz CT molecular complexity index is 552. The molecule has 1 aromatic rings. The molecule has 1 aromatic heterocycles. The van der Waals surface area contributed by atoms with Crippen LogP contribution in [0.2, 0.25) is 0 Å². The molecule has 1 aliphatic rings. The van der Waals surface area contributed by atoms with Crippen molar-refractivity contribution >= 4 is 5.91 Å². The van der Waals surface area contributed by atoms with Gasteiger partial charge in [0.15, 0.2) is 0 Å². The first-order valence-corrected chi connectivity index (χ1v) is 9.00. The minimum atomic E-state index is -0.264. The molecule has 4 nitrogen and oxygen atoms in total. The van der Waals surface area contributed by atoms with Crippen molar-refractivity contribution < 1.29 is 9.53 Å². The summed E-state index contributed by atoms with van der Waals surface area (Å²) in [5, 5.41) is 0. The molecule has 0 saturated carbocycles. The average Bonchev–Trinajstić information content (AvgIpc) is 2.71. The number of likely N-dealkylation sites (tertiary alicyclic amines) is 1. The van der Waals surface area contributed by atoms with E-state index in [4.69, 9.17) is 4.74 Å². The van der Waals surface area contributed by atoms with E-state index in [0.29, 0.717) is 22.8 Å². The molecule has 24 heavy (non-hydrogen) atoms. The fourth-order valence-corrected chi connectivity index (χ4v) is 3.25. The van der Waals surface area contributed by atoms with Gasteiger partial charge >= 0.3 is 0 Å². The second-order valence-electron chi connectivity index (χ2n) is 8.88. The van der Waals surface area contributed by atoms with Gasteiger partial charge in [-0.25, -0.2) is 4.98 Å². The lowest BCUT2D eigenvalue weighted by Gasteiger charge is -2.29. The minimum Gasteiger partial charge on any atom is -0.487 e. The number of aromatic nitrogens is 1. The van der Waals surface area contributed by atoms with Crippen LogP contribution in [-0.4, -0.2) is 34.5 Å². The third-order valence-electron chi connectivity index (χ3n) is 4.62. The summed E-state index contributed by atoms with van der Waals surface area (Å²) in [6.45, 7) is 14.5. The van der Waals surface area contributed by atoms with Crippen LogP contribution >= 0.6 is 0 Å². The summed E-state index contributed by atoms with van der Waals surface area (Å²) in [5.74, 6) is 1.40. The van der Waals surface area contributed by atoms with Gasteiger partial charge in [-0.15, -0.1) is 0 Å². The predicted octanol–water partition coefficient (Wildman–Crippen LogP) is 4.55. The van der Waals surface area contributed by atoms with E-state index in [2.05, 4.69) is 25.8 Å². The molecule has 1 atom stereocenters. The Morgan fingerprint density at radius 3 is 2.38 bits per heavy atom. The zero-order valence-corrected chi connectivity index (χ0v) is 16.1. The van der Waals surface area contributed by atoms with Crippen LogP contribution in [0.4, 0.5) is 0 Å². The first-order chi connectivity index (χ1) is 11.1. The molecule has 0 radical (unpaired) electrons. The van der Waals surface area contributed by atoms with E-state index in [0.717, 1.165) is 25.9 Å². The summed E-state index contributed by atoms with van der Waals surface area (Å²) in [4.78, 5) is 19.0. The SMILES string of the molecule is CC(C)(C)Oc1ccc(C(=O)N2CCCC(C(C)(C)C)CC2)nc1. The van der Waals surface area contributed by atoms with Gasteiger partial charge in [0, 0.05) is 13.1 Å². The van der Waals surface area contributed by atoms with E-state index in [1.807, 2.05) is 31.7 Å². The Morgan fingerprint density at radius 2 is 1.83 bits per heavy atom. The standard InChI is InChI=1S/C20H32N2O2/c1-19(2,3)15-8-7-12-22(13-11-15)18(23)17-10-9-16(14-21-17)24-20(4,5)6/h9-10,14-15H,7-8,11-13H2,1-6H3. The van der Waals surface area contributed by atoms with Crippen molar-refractivity contribution in [2.45, 2.75) is 66.4 Å². The van der Waals surface area contributed by atoms with Gasteiger partial charge in [-0.3, -0.25) is 4.79 Å². The number of nitrogens with zero attached hydrogens (tertiary/aromatic N) is 2. The monoisotopic (exact) mass is 332 g/mol. The van der Waals surface area contributed by atoms with Crippen LogP contribution in [0, 0.1) is 11.3 Å². The maximum atomic E-state index is 12.7. The van der Waals surface area contributed by atoms with E-state index in [9.17, 15) is 4.79 Å². The topological polar surface area (TPSA) is 42.4 Å². The zero-order chi connectivity index (χ0) is 18.0. The molecular formula is C20H32N2O2. The summed E-state index contributed by atoms with van der Waals surface area (Å²) in [7, 11) is 0. The molecule has 1 amide bonds. The smallest absolute Gasteiger partial charge is 0.272 e. The van der Waals surface area contributed by atoms with Crippen molar-refractivity contribution in [1.82, 2.24) is 9.88 Å². The Balaban J connectivity index is 2.01. The number of hydrogen-bond acceptors (Lipinski definition) is 3. The van der Waals surface area contributed by atoms with Crippen LogP contribution in [0.3, 0.4) is 0 Å². The highest BCUT2D eigenvalue weighted by molar-refractivity contribution is 5.92. The van der Waals surface area contributed by atoms with Gasteiger partial charge in [0.1, 0.15) is 17.0 Å². The van der Waals surface area contributed by atoms with E-state index >= 15 is 0 Å². The van der Waals surface area contributed by atoms with Crippen molar-refractivity contribution in [3.8, 4) is 5.75 Å². The second-order valence-corrected chi connectivity index (χ2v) is 8.88. The molecule has 2 heterocycles. The molecule has 1 aliphatic heterocycles. The predicted molar refractivity (Wildman–Crippen MR) is 97.3 cm³/mol. The molecule has 0 bridgehead atoms. The molecule has 0 N–H and O–H groups in total. The van der Waals surface area contributed by atoms with E-state index in [-0.39, 0.29) is 11.5 Å². The molecule has 1 unspecified atom stereocenters. The normalized spacial score (nSPS) is 19.8. The fraction of sp³-hybridized carbons (Fsp3) is 0.700. The van der Waals surface area contributed by atoms with E-state index in [1.165, 1.54) is 6.42 Å². The third kappa shape index (κ3) is 5.22. The van der Waals surface area contributed by atoms with Gasteiger partial charge in [0.25, 0.3) is 5.91 Å². The first kappa shape index (κ1) is 18.8. The van der Waals surface area contributed by atoms with Crippen LogP contribution in [0.5, 0.6) is 5.75 Å².